The predicted octanol–water partition coefficient (Wildman–Crippen LogP) is 2.10. The van der Waals surface area contributed by atoms with Gasteiger partial charge >= 0.3 is 0 Å². The first-order chi connectivity index (χ1) is 12.6. The fraction of sp³-hybridized carbons (Fsp3) is 0.333. The summed E-state index contributed by atoms with van der Waals surface area (Å²) in [5.74, 6) is -0.679. The van der Waals surface area contributed by atoms with Crippen molar-refractivity contribution in [2.75, 3.05) is 26.3 Å². The smallest absolute Gasteiger partial charge is 0.248 e. The molecule has 2 amide bonds. The van der Waals surface area contributed by atoms with Crippen LogP contribution in [0.5, 0.6) is 0 Å². The Morgan fingerprint density at radius 3 is 2.08 bits per heavy atom. The lowest BCUT2D eigenvalue weighted by Gasteiger charge is -2.44. The summed E-state index contributed by atoms with van der Waals surface area (Å²) in [5, 5.41) is 0. The maximum Gasteiger partial charge on any atom is 0.248 e. The van der Waals surface area contributed by atoms with E-state index in [0.29, 0.717) is 13.1 Å². The molecule has 1 heterocycles. The Balaban J connectivity index is 1.86. The molecule has 0 unspecified atom stereocenters. The van der Waals surface area contributed by atoms with Crippen LogP contribution in [-0.4, -0.2) is 43.0 Å². The highest BCUT2D eigenvalue weighted by atomic mass is 16.5. The molecule has 1 aliphatic heterocycles. The monoisotopic (exact) mass is 352 g/mol. The van der Waals surface area contributed by atoms with Crippen LogP contribution in [-0.2, 0) is 19.7 Å². The van der Waals surface area contributed by atoms with E-state index in [-0.39, 0.29) is 24.5 Å². The maximum absolute atomic E-state index is 12.6. The molecule has 0 atom stereocenters. The van der Waals surface area contributed by atoms with Gasteiger partial charge in [-0.25, -0.2) is 0 Å². The van der Waals surface area contributed by atoms with Crippen molar-refractivity contribution in [3.8, 4) is 0 Å². The first-order valence-electron chi connectivity index (χ1n) is 8.87. The van der Waals surface area contributed by atoms with Crippen molar-refractivity contribution in [1.29, 1.82) is 0 Å². The molecular formula is C21H24N2O3. The summed E-state index contributed by atoms with van der Waals surface area (Å²) < 4.78 is 5.12. The maximum atomic E-state index is 12.6. The molecule has 0 bridgehead atoms. The van der Waals surface area contributed by atoms with Gasteiger partial charge in [-0.1, -0.05) is 60.7 Å². The van der Waals surface area contributed by atoms with Crippen molar-refractivity contribution < 1.29 is 14.3 Å². The molecular weight excluding hydrogens is 328 g/mol. The first-order valence-corrected chi connectivity index (χ1v) is 8.87. The molecule has 136 valence electrons. The Bertz CT molecular complexity index is 707. The fourth-order valence-corrected chi connectivity index (χ4v) is 3.75. The van der Waals surface area contributed by atoms with Crippen molar-refractivity contribution in [2.45, 2.75) is 18.3 Å². The van der Waals surface area contributed by atoms with Gasteiger partial charge in [0.05, 0.1) is 0 Å². The third-order valence-corrected chi connectivity index (χ3v) is 4.97. The van der Waals surface area contributed by atoms with Gasteiger partial charge in [-0.15, -0.1) is 0 Å². The molecule has 0 spiro atoms. The summed E-state index contributed by atoms with van der Waals surface area (Å²) >= 11 is 0. The highest BCUT2D eigenvalue weighted by Gasteiger charge is 2.39. The molecule has 26 heavy (non-hydrogen) atoms. The molecule has 2 N–H and O–H groups in total. The minimum Gasteiger partial charge on any atom is -0.368 e. The minimum absolute atomic E-state index is 0.109. The molecule has 0 aliphatic carbocycles. The lowest BCUT2D eigenvalue weighted by atomic mass is 9.69. The third-order valence-electron chi connectivity index (χ3n) is 4.97. The van der Waals surface area contributed by atoms with Crippen LogP contribution in [0.1, 0.15) is 24.0 Å². The largest absolute Gasteiger partial charge is 0.368 e. The van der Waals surface area contributed by atoms with E-state index in [4.69, 9.17) is 10.5 Å². The number of ether oxygens (including phenoxy) is 1. The van der Waals surface area contributed by atoms with Crippen LogP contribution in [0.3, 0.4) is 0 Å². The van der Waals surface area contributed by atoms with Crippen LogP contribution in [0.4, 0.5) is 0 Å². The number of benzene rings is 2. The van der Waals surface area contributed by atoms with Crippen molar-refractivity contribution in [3.63, 3.8) is 0 Å². The second kappa shape index (κ2) is 8.15. The molecule has 3 rings (SSSR count). The van der Waals surface area contributed by atoms with Gasteiger partial charge in [0.2, 0.25) is 11.8 Å². The molecule has 1 fully saturated rings. The number of carbonyl (C=O) groups is 2. The van der Waals surface area contributed by atoms with Crippen LogP contribution < -0.4 is 5.73 Å². The van der Waals surface area contributed by atoms with E-state index in [0.717, 1.165) is 12.8 Å². The van der Waals surface area contributed by atoms with E-state index >= 15 is 0 Å². The summed E-state index contributed by atoms with van der Waals surface area (Å²) in [6.45, 7) is 0.935. The number of hydrogen-bond acceptors (Lipinski definition) is 3. The molecule has 0 aromatic heterocycles. The zero-order chi connectivity index (χ0) is 18.4. The van der Waals surface area contributed by atoms with Gasteiger partial charge in [-0.3, -0.25) is 9.59 Å². The number of primary amides is 1. The number of piperidine rings is 1. The molecule has 5 nitrogen and oxygen atoms in total. The topological polar surface area (TPSA) is 72.6 Å². The van der Waals surface area contributed by atoms with Gasteiger partial charge in [-0.2, -0.15) is 0 Å². The Kier molecular flexibility index (Phi) is 5.68. The molecule has 1 aliphatic rings. The summed E-state index contributed by atoms with van der Waals surface area (Å²) in [5.41, 5.74) is 7.25. The molecule has 0 radical (unpaired) electrons. The van der Waals surface area contributed by atoms with E-state index in [1.807, 2.05) is 41.3 Å². The van der Waals surface area contributed by atoms with E-state index in [1.54, 1.807) is 0 Å². The molecule has 1 saturated heterocycles. The predicted molar refractivity (Wildman–Crippen MR) is 99.5 cm³/mol. The highest BCUT2D eigenvalue weighted by Crippen LogP contribution is 2.40. The molecule has 5 heteroatoms. The average molecular weight is 352 g/mol. The zero-order valence-electron chi connectivity index (χ0n) is 14.8. The van der Waals surface area contributed by atoms with E-state index < -0.39 is 5.91 Å². The molecule has 2 aromatic rings. The van der Waals surface area contributed by atoms with Crippen molar-refractivity contribution in [1.82, 2.24) is 4.90 Å². The van der Waals surface area contributed by atoms with Gasteiger partial charge in [0, 0.05) is 18.5 Å². The number of rotatable bonds is 6. The second-order valence-electron chi connectivity index (χ2n) is 6.69. The van der Waals surface area contributed by atoms with E-state index in [1.165, 1.54) is 11.1 Å². The number of hydrogen-bond donors (Lipinski definition) is 1. The van der Waals surface area contributed by atoms with E-state index in [9.17, 15) is 9.59 Å². The summed E-state index contributed by atoms with van der Waals surface area (Å²) in [6.07, 6.45) is 1.89. The zero-order valence-corrected chi connectivity index (χ0v) is 14.8. The van der Waals surface area contributed by atoms with Crippen molar-refractivity contribution >= 4 is 11.8 Å². The highest BCUT2D eigenvalue weighted by molar-refractivity contribution is 5.79. The standard InChI is InChI=1S/C21H24N2O3/c22-19(24)14-26-15-20(25)23-13-7-12-21(16-23,17-8-3-1-4-9-17)18-10-5-2-6-11-18/h1-6,8-11H,7,12-16H2,(H2,22,24). The van der Waals surface area contributed by atoms with Gasteiger partial charge in [0.15, 0.2) is 0 Å². The lowest BCUT2D eigenvalue weighted by molar-refractivity contribution is -0.139. The van der Waals surface area contributed by atoms with Crippen LogP contribution in [0, 0.1) is 0 Å². The van der Waals surface area contributed by atoms with Gasteiger partial charge in [0.25, 0.3) is 0 Å². The lowest BCUT2D eigenvalue weighted by Crippen LogP contribution is -2.50. The number of carbonyl (C=O) groups excluding carboxylic acids is 2. The summed E-state index contributed by atoms with van der Waals surface area (Å²) in [4.78, 5) is 25.2. The number of likely N-dealkylation sites (tertiary alicyclic amines) is 1. The van der Waals surface area contributed by atoms with Crippen LogP contribution >= 0.6 is 0 Å². The van der Waals surface area contributed by atoms with Crippen LogP contribution in [0.2, 0.25) is 0 Å². The average Bonchev–Trinajstić information content (AvgIpc) is 2.69. The number of nitrogens with two attached hydrogens (primary N) is 1. The first kappa shape index (κ1) is 18.1. The molecule has 0 saturated carbocycles. The summed E-state index contributed by atoms with van der Waals surface area (Å²) in [6, 6.07) is 20.7. The van der Waals surface area contributed by atoms with Crippen LogP contribution in [0.15, 0.2) is 60.7 Å². The molecule has 2 aromatic carbocycles. The third kappa shape index (κ3) is 3.94. The fourth-order valence-electron chi connectivity index (χ4n) is 3.75. The second-order valence-corrected chi connectivity index (χ2v) is 6.69. The Labute approximate surface area is 153 Å². The van der Waals surface area contributed by atoms with E-state index in [2.05, 4.69) is 24.3 Å². The Hall–Kier alpha value is -2.66. The van der Waals surface area contributed by atoms with Crippen LogP contribution in [0.25, 0.3) is 0 Å². The van der Waals surface area contributed by atoms with Crippen molar-refractivity contribution in [2.24, 2.45) is 5.73 Å². The summed E-state index contributed by atoms with van der Waals surface area (Å²) in [7, 11) is 0. The SMILES string of the molecule is NC(=O)COCC(=O)N1CCCC(c2ccccc2)(c2ccccc2)C1. The number of amides is 2. The normalized spacial score (nSPS) is 16.2. The van der Waals surface area contributed by atoms with Crippen molar-refractivity contribution in [3.05, 3.63) is 71.8 Å². The van der Waals surface area contributed by atoms with Gasteiger partial charge in [0.1, 0.15) is 13.2 Å². The number of nitrogens with zero attached hydrogens (tertiary/aromatic N) is 1. The van der Waals surface area contributed by atoms with Gasteiger partial charge < -0.3 is 15.4 Å². The quantitative estimate of drug-likeness (QED) is 0.865. The minimum atomic E-state index is -0.570. The Morgan fingerprint density at radius 2 is 1.54 bits per heavy atom. The van der Waals surface area contributed by atoms with Gasteiger partial charge in [-0.05, 0) is 24.0 Å². The Morgan fingerprint density at radius 1 is 0.962 bits per heavy atom.